The Labute approximate surface area is 192 Å². The van der Waals surface area contributed by atoms with Gasteiger partial charge < -0.3 is 9.64 Å². The van der Waals surface area contributed by atoms with Crippen LogP contribution in [0.2, 0.25) is 0 Å². The number of ether oxygens (including phenoxy) is 1. The molecule has 0 saturated carbocycles. The van der Waals surface area contributed by atoms with Crippen molar-refractivity contribution >= 4 is 27.3 Å². The van der Waals surface area contributed by atoms with E-state index in [2.05, 4.69) is 9.71 Å². The molecule has 168 valence electrons. The third-order valence-corrected chi connectivity index (χ3v) is 7.96. The molecule has 1 aliphatic heterocycles. The van der Waals surface area contributed by atoms with Gasteiger partial charge in [-0.3, -0.25) is 9.78 Å². The molecule has 1 aromatic carbocycles. The van der Waals surface area contributed by atoms with Gasteiger partial charge in [0.2, 0.25) is 15.9 Å². The number of amides is 1. The molecule has 1 N–H and O–H groups in total. The molecular weight excluding hydrogens is 446 g/mol. The van der Waals surface area contributed by atoms with E-state index in [1.165, 1.54) is 11.3 Å². The lowest BCUT2D eigenvalue weighted by Gasteiger charge is -2.30. The van der Waals surface area contributed by atoms with Crippen molar-refractivity contribution < 1.29 is 17.9 Å². The molecule has 0 atom stereocenters. The number of sulfonamides is 1. The summed E-state index contributed by atoms with van der Waals surface area (Å²) in [5.74, 6) is 0.733. The minimum Gasteiger partial charge on any atom is -0.496 e. The molecule has 1 amide bonds. The van der Waals surface area contributed by atoms with E-state index in [9.17, 15) is 13.2 Å². The Hall–Kier alpha value is -2.75. The maximum absolute atomic E-state index is 12.9. The molecule has 0 fully saturated rings. The Morgan fingerprint density at radius 2 is 2.09 bits per heavy atom. The number of para-hydroxylation sites is 1. The highest BCUT2D eigenvalue weighted by molar-refractivity contribution is 7.89. The van der Waals surface area contributed by atoms with Crippen LogP contribution in [0.3, 0.4) is 0 Å². The molecule has 0 unspecified atom stereocenters. The monoisotopic (exact) mass is 471 g/mol. The van der Waals surface area contributed by atoms with Crippen LogP contribution in [-0.4, -0.2) is 37.9 Å². The van der Waals surface area contributed by atoms with Crippen LogP contribution in [0.4, 0.5) is 0 Å². The van der Waals surface area contributed by atoms with E-state index in [-0.39, 0.29) is 23.8 Å². The van der Waals surface area contributed by atoms with Crippen molar-refractivity contribution in [1.29, 1.82) is 0 Å². The van der Waals surface area contributed by atoms with Gasteiger partial charge in [-0.15, -0.1) is 0 Å². The fourth-order valence-electron chi connectivity index (χ4n) is 3.95. The molecule has 0 bridgehead atoms. The smallest absolute Gasteiger partial charge is 0.241 e. The summed E-state index contributed by atoms with van der Waals surface area (Å²) in [7, 11) is -1.97. The van der Waals surface area contributed by atoms with E-state index in [0.29, 0.717) is 25.3 Å². The molecule has 4 rings (SSSR count). The second-order valence-corrected chi connectivity index (χ2v) is 10.2. The van der Waals surface area contributed by atoms with E-state index in [1.54, 1.807) is 30.1 Å². The standard InChI is InChI=1S/C23H25N3O4S2/c1-16-21(13-25-32(28,29)19-8-10-31-15-19)20-7-9-26(14-18(20)12-24-16)23(27)11-17-5-3-4-6-22(17)30-2/h3-6,8,10,12,15,25H,7,9,11,13-14H2,1-2H3. The topological polar surface area (TPSA) is 88.6 Å². The molecular formula is C23H25N3O4S2. The van der Waals surface area contributed by atoms with E-state index >= 15 is 0 Å². The van der Waals surface area contributed by atoms with Crippen molar-refractivity contribution in [3.63, 3.8) is 0 Å². The predicted octanol–water partition coefficient (Wildman–Crippen LogP) is 3.07. The Morgan fingerprint density at radius 1 is 1.28 bits per heavy atom. The Bertz CT molecular complexity index is 1220. The zero-order valence-electron chi connectivity index (χ0n) is 18.0. The fraction of sp³-hybridized carbons (Fsp3) is 0.304. The van der Waals surface area contributed by atoms with Gasteiger partial charge in [0, 0.05) is 42.5 Å². The Morgan fingerprint density at radius 3 is 2.84 bits per heavy atom. The van der Waals surface area contributed by atoms with Crippen LogP contribution < -0.4 is 9.46 Å². The van der Waals surface area contributed by atoms with Gasteiger partial charge in [0.15, 0.2) is 0 Å². The number of thiophene rings is 1. The number of benzene rings is 1. The third kappa shape index (κ3) is 4.69. The summed E-state index contributed by atoms with van der Waals surface area (Å²) < 4.78 is 33.1. The van der Waals surface area contributed by atoms with Crippen molar-refractivity contribution in [3.05, 3.63) is 75.2 Å². The summed E-state index contributed by atoms with van der Waals surface area (Å²) in [6, 6.07) is 9.12. The number of fused-ring (bicyclic) bond motifs is 1. The summed E-state index contributed by atoms with van der Waals surface area (Å²) in [6.45, 7) is 3.10. The average molecular weight is 472 g/mol. The largest absolute Gasteiger partial charge is 0.496 e. The van der Waals surface area contributed by atoms with Crippen LogP contribution in [0.1, 0.15) is 27.9 Å². The molecule has 0 radical (unpaired) electrons. The van der Waals surface area contributed by atoms with Crippen LogP contribution in [0, 0.1) is 6.92 Å². The van der Waals surface area contributed by atoms with Crippen molar-refractivity contribution in [2.45, 2.75) is 37.8 Å². The number of nitrogens with one attached hydrogen (secondary N) is 1. The summed E-state index contributed by atoms with van der Waals surface area (Å²) >= 11 is 1.34. The lowest BCUT2D eigenvalue weighted by molar-refractivity contribution is -0.131. The highest BCUT2D eigenvalue weighted by Crippen LogP contribution is 2.26. The van der Waals surface area contributed by atoms with Crippen LogP contribution in [-0.2, 0) is 40.7 Å². The van der Waals surface area contributed by atoms with Crippen LogP contribution in [0.25, 0.3) is 0 Å². The number of aryl methyl sites for hydroxylation is 1. The summed E-state index contributed by atoms with van der Waals surface area (Å²) in [5.41, 5.74) is 4.58. The number of rotatable bonds is 7. The first-order chi connectivity index (χ1) is 15.4. The zero-order chi connectivity index (χ0) is 22.7. The van der Waals surface area contributed by atoms with E-state index in [1.807, 2.05) is 36.1 Å². The van der Waals surface area contributed by atoms with Crippen molar-refractivity contribution in [2.75, 3.05) is 13.7 Å². The van der Waals surface area contributed by atoms with Crippen molar-refractivity contribution in [2.24, 2.45) is 0 Å². The maximum Gasteiger partial charge on any atom is 0.241 e. The third-order valence-electron chi connectivity index (χ3n) is 5.73. The van der Waals surface area contributed by atoms with Crippen LogP contribution >= 0.6 is 11.3 Å². The highest BCUT2D eigenvalue weighted by atomic mass is 32.2. The van der Waals surface area contributed by atoms with Gasteiger partial charge in [-0.1, -0.05) is 18.2 Å². The summed E-state index contributed by atoms with van der Waals surface area (Å²) in [5, 5.41) is 3.35. The normalized spacial score (nSPS) is 13.6. The lowest BCUT2D eigenvalue weighted by atomic mass is 9.94. The predicted molar refractivity (Wildman–Crippen MR) is 123 cm³/mol. The first kappa shape index (κ1) is 22.4. The summed E-state index contributed by atoms with van der Waals surface area (Å²) in [6.07, 6.45) is 2.72. The first-order valence-corrected chi connectivity index (χ1v) is 12.7. The quantitative estimate of drug-likeness (QED) is 0.572. The first-order valence-electron chi connectivity index (χ1n) is 10.3. The van der Waals surface area contributed by atoms with Gasteiger partial charge in [0.25, 0.3) is 0 Å². The van der Waals surface area contributed by atoms with Gasteiger partial charge in [-0.25, -0.2) is 13.1 Å². The molecule has 0 aliphatic carbocycles. The number of aromatic nitrogens is 1. The molecule has 32 heavy (non-hydrogen) atoms. The molecule has 7 nitrogen and oxygen atoms in total. The number of carbonyl (C=O) groups is 1. The van der Waals surface area contributed by atoms with Gasteiger partial charge in [-0.05, 0) is 47.5 Å². The number of hydrogen-bond donors (Lipinski definition) is 1. The van der Waals surface area contributed by atoms with Crippen LogP contribution in [0.15, 0.2) is 52.2 Å². The van der Waals surface area contributed by atoms with Gasteiger partial charge >= 0.3 is 0 Å². The average Bonchev–Trinajstić information content (AvgIpc) is 3.34. The zero-order valence-corrected chi connectivity index (χ0v) is 19.6. The summed E-state index contributed by atoms with van der Waals surface area (Å²) in [4.78, 5) is 19.5. The number of methoxy groups -OCH3 is 1. The second kappa shape index (κ2) is 9.40. The van der Waals surface area contributed by atoms with Crippen molar-refractivity contribution in [3.8, 4) is 5.75 Å². The minimum absolute atomic E-state index is 0.0282. The molecule has 2 aromatic heterocycles. The minimum atomic E-state index is -3.57. The SMILES string of the molecule is COc1ccccc1CC(=O)N1CCc2c(cnc(C)c2CNS(=O)(=O)c2ccsc2)C1. The van der Waals surface area contributed by atoms with Gasteiger partial charge in [0.05, 0.1) is 18.4 Å². The number of carbonyl (C=O) groups excluding carboxylic acids is 1. The number of pyridine rings is 1. The number of nitrogens with zero attached hydrogens (tertiary/aromatic N) is 2. The molecule has 9 heteroatoms. The highest BCUT2D eigenvalue weighted by Gasteiger charge is 2.25. The maximum atomic E-state index is 12.9. The Kier molecular flexibility index (Phi) is 6.59. The molecule has 1 aliphatic rings. The van der Waals surface area contributed by atoms with E-state index in [0.717, 1.165) is 27.9 Å². The molecule has 0 saturated heterocycles. The van der Waals surface area contributed by atoms with E-state index in [4.69, 9.17) is 4.74 Å². The molecule has 3 heterocycles. The van der Waals surface area contributed by atoms with Gasteiger partial charge in [-0.2, -0.15) is 11.3 Å². The van der Waals surface area contributed by atoms with Gasteiger partial charge in [0.1, 0.15) is 5.75 Å². The second-order valence-electron chi connectivity index (χ2n) is 7.66. The molecule has 0 spiro atoms. The van der Waals surface area contributed by atoms with Crippen LogP contribution in [0.5, 0.6) is 5.75 Å². The Balaban J connectivity index is 1.49. The van der Waals surface area contributed by atoms with Crippen molar-refractivity contribution in [1.82, 2.24) is 14.6 Å². The molecule has 3 aromatic rings. The van der Waals surface area contributed by atoms with E-state index < -0.39 is 10.0 Å². The fourth-order valence-corrected chi connectivity index (χ4v) is 5.97. The lowest BCUT2D eigenvalue weighted by Crippen LogP contribution is -2.38. The number of hydrogen-bond acceptors (Lipinski definition) is 6.